The van der Waals surface area contributed by atoms with Gasteiger partial charge >= 0.3 is 0 Å². The lowest BCUT2D eigenvalue weighted by atomic mass is 10.0. The molecule has 17 heavy (non-hydrogen) atoms. The first-order valence-corrected chi connectivity index (χ1v) is 5.53. The molecule has 0 unspecified atom stereocenters. The van der Waals surface area contributed by atoms with Crippen molar-refractivity contribution in [3.8, 4) is 0 Å². The van der Waals surface area contributed by atoms with Crippen LogP contribution in [0, 0.1) is 12.7 Å². The predicted octanol–water partition coefficient (Wildman–Crippen LogP) is 1.93. The number of thiocarbonyl (C=S) groups is 1. The molecule has 3 N–H and O–H groups in total. The molecule has 0 aliphatic carbocycles. The van der Waals surface area contributed by atoms with Crippen molar-refractivity contribution in [1.29, 1.82) is 0 Å². The van der Waals surface area contributed by atoms with Gasteiger partial charge in [0.15, 0.2) is 0 Å². The van der Waals surface area contributed by atoms with Crippen molar-refractivity contribution < 1.29 is 9.18 Å². The van der Waals surface area contributed by atoms with E-state index in [0.717, 1.165) is 0 Å². The summed E-state index contributed by atoms with van der Waals surface area (Å²) in [6.07, 6.45) is 0. The standard InChI is InChI=1S/C12H15FN2OS/c1-7-6-8(13)4-5-9(7)10(16)15-12(2,3)11(14)17/h4-6H,1-3H3,(H2,14,17)(H,15,16). The second kappa shape index (κ2) is 4.79. The predicted molar refractivity (Wildman–Crippen MR) is 69.5 cm³/mol. The molecule has 0 aliphatic rings. The van der Waals surface area contributed by atoms with Gasteiger partial charge in [-0.1, -0.05) is 12.2 Å². The van der Waals surface area contributed by atoms with Crippen molar-refractivity contribution in [3.05, 3.63) is 35.1 Å². The Balaban J connectivity index is 2.95. The SMILES string of the molecule is Cc1cc(F)ccc1C(=O)NC(C)(C)C(N)=S. The number of aryl methyl sites for hydroxylation is 1. The third-order valence-corrected chi connectivity index (χ3v) is 2.99. The zero-order chi connectivity index (χ0) is 13.2. The van der Waals surface area contributed by atoms with Crippen LogP contribution in [0.15, 0.2) is 18.2 Å². The summed E-state index contributed by atoms with van der Waals surface area (Å²) in [6.45, 7) is 5.10. The summed E-state index contributed by atoms with van der Waals surface area (Å²) in [4.78, 5) is 12.1. The number of amides is 1. The van der Waals surface area contributed by atoms with Gasteiger partial charge in [0.05, 0.1) is 10.5 Å². The summed E-state index contributed by atoms with van der Waals surface area (Å²) in [5, 5.41) is 2.70. The molecule has 92 valence electrons. The van der Waals surface area contributed by atoms with Crippen molar-refractivity contribution in [2.75, 3.05) is 0 Å². The van der Waals surface area contributed by atoms with Crippen LogP contribution >= 0.6 is 12.2 Å². The minimum Gasteiger partial charge on any atom is -0.391 e. The van der Waals surface area contributed by atoms with Crippen LogP contribution in [0.1, 0.15) is 29.8 Å². The van der Waals surface area contributed by atoms with Crippen LogP contribution in [0.25, 0.3) is 0 Å². The maximum absolute atomic E-state index is 12.9. The van der Waals surface area contributed by atoms with Gasteiger partial charge < -0.3 is 11.1 Å². The smallest absolute Gasteiger partial charge is 0.252 e. The van der Waals surface area contributed by atoms with E-state index in [1.165, 1.54) is 18.2 Å². The summed E-state index contributed by atoms with van der Waals surface area (Å²) >= 11 is 4.86. The number of rotatable bonds is 3. The normalized spacial score (nSPS) is 11.1. The van der Waals surface area contributed by atoms with Crippen molar-refractivity contribution in [3.63, 3.8) is 0 Å². The molecule has 0 saturated carbocycles. The monoisotopic (exact) mass is 254 g/mol. The number of carbonyl (C=O) groups is 1. The lowest BCUT2D eigenvalue weighted by molar-refractivity contribution is 0.0931. The Kier molecular flexibility index (Phi) is 3.83. The minimum absolute atomic E-state index is 0.200. The Morgan fingerprint density at radius 1 is 1.47 bits per heavy atom. The molecule has 1 rings (SSSR count). The molecule has 0 radical (unpaired) electrons. The number of carbonyl (C=O) groups excluding carboxylic acids is 1. The van der Waals surface area contributed by atoms with Crippen LogP contribution in [-0.4, -0.2) is 16.4 Å². The first-order valence-electron chi connectivity index (χ1n) is 5.12. The Morgan fingerprint density at radius 3 is 2.53 bits per heavy atom. The second-order valence-electron chi connectivity index (χ2n) is 4.40. The molecule has 0 saturated heterocycles. The van der Waals surface area contributed by atoms with Crippen molar-refractivity contribution in [2.45, 2.75) is 26.3 Å². The van der Waals surface area contributed by atoms with Crippen LogP contribution in [0.2, 0.25) is 0 Å². The quantitative estimate of drug-likeness (QED) is 0.810. The van der Waals surface area contributed by atoms with Crippen LogP contribution in [0.4, 0.5) is 4.39 Å². The van der Waals surface area contributed by atoms with Crippen LogP contribution < -0.4 is 11.1 Å². The minimum atomic E-state index is -0.771. The van der Waals surface area contributed by atoms with E-state index in [-0.39, 0.29) is 16.7 Å². The van der Waals surface area contributed by atoms with Gasteiger partial charge in [-0.15, -0.1) is 0 Å². The van der Waals surface area contributed by atoms with Crippen LogP contribution in [-0.2, 0) is 0 Å². The fourth-order valence-electron chi connectivity index (χ4n) is 1.29. The molecule has 1 aromatic rings. The number of nitrogens with one attached hydrogen (secondary N) is 1. The van der Waals surface area contributed by atoms with Gasteiger partial charge in [-0.3, -0.25) is 4.79 Å². The highest BCUT2D eigenvalue weighted by Crippen LogP contribution is 2.12. The Morgan fingerprint density at radius 2 is 2.06 bits per heavy atom. The third kappa shape index (κ3) is 3.23. The zero-order valence-electron chi connectivity index (χ0n) is 10.0. The molecular weight excluding hydrogens is 239 g/mol. The van der Waals surface area contributed by atoms with E-state index in [1.54, 1.807) is 20.8 Å². The number of hydrogen-bond donors (Lipinski definition) is 2. The molecule has 0 bridgehead atoms. The van der Waals surface area contributed by atoms with E-state index in [4.69, 9.17) is 18.0 Å². The average Bonchev–Trinajstić information content (AvgIpc) is 2.15. The van der Waals surface area contributed by atoms with Crippen molar-refractivity contribution in [2.24, 2.45) is 5.73 Å². The van der Waals surface area contributed by atoms with E-state index < -0.39 is 5.54 Å². The average molecular weight is 254 g/mol. The molecule has 0 aromatic heterocycles. The zero-order valence-corrected chi connectivity index (χ0v) is 10.8. The van der Waals surface area contributed by atoms with Gasteiger partial charge in [-0.25, -0.2) is 4.39 Å². The number of hydrogen-bond acceptors (Lipinski definition) is 2. The van der Waals surface area contributed by atoms with Crippen LogP contribution in [0.3, 0.4) is 0 Å². The summed E-state index contributed by atoms with van der Waals surface area (Å²) in [5.41, 5.74) is 5.73. The fraction of sp³-hybridized carbons (Fsp3) is 0.333. The molecule has 1 amide bonds. The Hall–Kier alpha value is -1.49. The van der Waals surface area contributed by atoms with E-state index in [0.29, 0.717) is 11.1 Å². The molecule has 0 atom stereocenters. The van der Waals surface area contributed by atoms with Crippen molar-refractivity contribution in [1.82, 2.24) is 5.32 Å². The molecule has 0 fully saturated rings. The molecular formula is C12H15FN2OS. The fourth-order valence-corrected chi connectivity index (χ4v) is 1.35. The first kappa shape index (κ1) is 13.6. The van der Waals surface area contributed by atoms with E-state index in [9.17, 15) is 9.18 Å². The van der Waals surface area contributed by atoms with Gasteiger partial charge in [0.25, 0.3) is 5.91 Å². The molecule has 3 nitrogen and oxygen atoms in total. The van der Waals surface area contributed by atoms with Gasteiger partial charge in [-0.2, -0.15) is 0 Å². The number of nitrogens with two attached hydrogens (primary N) is 1. The molecule has 5 heteroatoms. The summed E-state index contributed by atoms with van der Waals surface area (Å²) < 4.78 is 12.9. The Bertz CT molecular complexity index is 472. The van der Waals surface area contributed by atoms with Crippen molar-refractivity contribution >= 4 is 23.1 Å². The number of benzene rings is 1. The molecule has 0 spiro atoms. The Labute approximate surface area is 105 Å². The number of halogens is 1. The lowest BCUT2D eigenvalue weighted by Gasteiger charge is -2.25. The summed E-state index contributed by atoms with van der Waals surface area (Å²) in [7, 11) is 0. The highest BCUT2D eigenvalue weighted by molar-refractivity contribution is 7.80. The highest BCUT2D eigenvalue weighted by Gasteiger charge is 2.24. The lowest BCUT2D eigenvalue weighted by Crippen LogP contribution is -2.52. The van der Waals surface area contributed by atoms with Crippen LogP contribution in [0.5, 0.6) is 0 Å². The van der Waals surface area contributed by atoms with E-state index in [2.05, 4.69) is 5.32 Å². The van der Waals surface area contributed by atoms with Gasteiger partial charge in [-0.05, 0) is 44.5 Å². The van der Waals surface area contributed by atoms with Gasteiger partial charge in [0.2, 0.25) is 0 Å². The maximum atomic E-state index is 12.9. The van der Waals surface area contributed by atoms with Gasteiger partial charge in [0, 0.05) is 5.56 Å². The maximum Gasteiger partial charge on any atom is 0.252 e. The largest absolute Gasteiger partial charge is 0.391 e. The summed E-state index contributed by atoms with van der Waals surface area (Å²) in [5.74, 6) is -0.687. The van der Waals surface area contributed by atoms with E-state index in [1.807, 2.05) is 0 Å². The first-order chi connectivity index (χ1) is 7.74. The summed E-state index contributed by atoms with van der Waals surface area (Å²) in [6, 6.07) is 3.99. The van der Waals surface area contributed by atoms with E-state index >= 15 is 0 Å². The second-order valence-corrected chi connectivity index (χ2v) is 4.84. The molecule has 0 heterocycles. The van der Waals surface area contributed by atoms with Gasteiger partial charge in [0.1, 0.15) is 5.82 Å². The molecule has 0 aliphatic heterocycles. The highest BCUT2D eigenvalue weighted by atomic mass is 32.1. The molecule has 1 aromatic carbocycles. The topological polar surface area (TPSA) is 55.1 Å². The third-order valence-electron chi connectivity index (χ3n) is 2.48.